The fourth-order valence-corrected chi connectivity index (χ4v) is 2.68. The second-order valence-electron chi connectivity index (χ2n) is 5.50. The van der Waals surface area contributed by atoms with Crippen molar-refractivity contribution in [1.82, 2.24) is 9.47 Å². The molecule has 0 N–H and O–H groups in total. The molecule has 0 amide bonds. The Morgan fingerprint density at radius 3 is 2.35 bits per heavy atom. The Bertz CT molecular complexity index is 696. The summed E-state index contributed by atoms with van der Waals surface area (Å²) in [4.78, 5) is 2.22. The molecule has 20 heavy (non-hydrogen) atoms. The van der Waals surface area contributed by atoms with Gasteiger partial charge in [0.05, 0.1) is 0 Å². The topological polar surface area (TPSA) is 8.17 Å². The van der Waals surface area contributed by atoms with E-state index in [1.54, 1.807) is 0 Å². The maximum absolute atomic E-state index is 2.42. The second kappa shape index (κ2) is 5.51. The van der Waals surface area contributed by atoms with Gasteiger partial charge in [-0.15, -0.1) is 0 Å². The molecule has 0 atom stereocenters. The monoisotopic (exact) mass is 264 g/mol. The number of fused-ring (bicyclic) bond motifs is 1. The van der Waals surface area contributed by atoms with E-state index in [9.17, 15) is 0 Å². The highest BCUT2D eigenvalue weighted by Gasteiger charge is 2.09. The van der Waals surface area contributed by atoms with Gasteiger partial charge in [-0.25, -0.2) is 0 Å². The first-order chi connectivity index (χ1) is 9.74. The molecule has 0 radical (unpaired) electrons. The number of benzene rings is 2. The highest BCUT2D eigenvalue weighted by Crippen LogP contribution is 2.22. The summed E-state index contributed by atoms with van der Waals surface area (Å²) >= 11 is 0. The number of nitrogens with zero attached hydrogens (tertiary/aromatic N) is 2. The van der Waals surface area contributed by atoms with Crippen molar-refractivity contribution in [3.63, 3.8) is 0 Å². The Morgan fingerprint density at radius 1 is 0.900 bits per heavy atom. The lowest BCUT2D eigenvalue weighted by atomic mass is 10.2. The largest absolute Gasteiger partial charge is 0.339 e. The Kier molecular flexibility index (Phi) is 3.57. The zero-order chi connectivity index (χ0) is 13.9. The van der Waals surface area contributed by atoms with Crippen molar-refractivity contribution in [1.29, 1.82) is 0 Å². The van der Waals surface area contributed by atoms with Gasteiger partial charge in [0.1, 0.15) is 0 Å². The van der Waals surface area contributed by atoms with Crippen LogP contribution in [0.4, 0.5) is 0 Å². The number of rotatable bonds is 4. The van der Waals surface area contributed by atoms with Gasteiger partial charge in [0, 0.05) is 24.3 Å². The summed E-state index contributed by atoms with van der Waals surface area (Å²) < 4.78 is 2.42. The minimum Gasteiger partial charge on any atom is -0.339 e. The van der Waals surface area contributed by atoms with E-state index in [4.69, 9.17) is 0 Å². The van der Waals surface area contributed by atoms with E-state index in [0.717, 1.165) is 13.1 Å². The van der Waals surface area contributed by atoms with Crippen LogP contribution < -0.4 is 0 Å². The van der Waals surface area contributed by atoms with E-state index in [1.165, 1.54) is 22.2 Å². The molecule has 0 saturated carbocycles. The lowest BCUT2D eigenvalue weighted by Gasteiger charge is -2.14. The van der Waals surface area contributed by atoms with Gasteiger partial charge in [-0.05, 0) is 37.2 Å². The van der Waals surface area contributed by atoms with Crippen LogP contribution in [0.1, 0.15) is 11.3 Å². The average molecular weight is 264 g/mol. The van der Waals surface area contributed by atoms with E-state index in [1.807, 2.05) is 0 Å². The highest BCUT2D eigenvalue weighted by molar-refractivity contribution is 5.81. The first kappa shape index (κ1) is 12.9. The molecule has 3 rings (SSSR count). The summed E-state index contributed by atoms with van der Waals surface area (Å²) in [5.41, 5.74) is 4.02. The molecule has 1 heterocycles. The summed E-state index contributed by atoms with van der Waals surface area (Å²) in [5.74, 6) is 0. The SMILES string of the molecule is CN(C)Cc1cc2ccccc2n1Cc1ccccc1. The van der Waals surface area contributed by atoms with Crippen molar-refractivity contribution in [3.05, 3.63) is 71.9 Å². The first-order valence-corrected chi connectivity index (χ1v) is 7.00. The minimum absolute atomic E-state index is 0.928. The molecule has 0 aliphatic rings. The number of aromatic nitrogens is 1. The van der Waals surface area contributed by atoms with Gasteiger partial charge in [-0.3, -0.25) is 0 Å². The van der Waals surface area contributed by atoms with Crippen LogP contribution in [0.15, 0.2) is 60.7 Å². The molecule has 1 aromatic heterocycles. The van der Waals surface area contributed by atoms with Crippen LogP contribution in [0.25, 0.3) is 10.9 Å². The second-order valence-corrected chi connectivity index (χ2v) is 5.50. The van der Waals surface area contributed by atoms with Crippen LogP contribution in [-0.2, 0) is 13.1 Å². The van der Waals surface area contributed by atoms with Crippen LogP contribution in [0.5, 0.6) is 0 Å². The van der Waals surface area contributed by atoms with Gasteiger partial charge in [0.25, 0.3) is 0 Å². The average Bonchev–Trinajstić information content (AvgIpc) is 2.77. The normalized spacial score (nSPS) is 11.3. The van der Waals surface area contributed by atoms with E-state index < -0.39 is 0 Å². The van der Waals surface area contributed by atoms with Crippen molar-refractivity contribution in [2.75, 3.05) is 14.1 Å². The lowest BCUT2D eigenvalue weighted by Crippen LogP contribution is -2.15. The fraction of sp³-hybridized carbons (Fsp3) is 0.222. The Morgan fingerprint density at radius 2 is 1.60 bits per heavy atom. The predicted molar refractivity (Wildman–Crippen MR) is 84.9 cm³/mol. The predicted octanol–water partition coefficient (Wildman–Crippen LogP) is 3.75. The molecule has 2 heteroatoms. The smallest absolute Gasteiger partial charge is 0.0486 e. The maximum Gasteiger partial charge on any atom is 0.0486 e. The summed E-state index contributed by atoms with van der Waals surface area (Å²) in [6, 6.07) is 21.6. The van der Waals surface area contributed by atoms with Crippen molar-refractivity contribution in [2.45, 2.75) is 13.1 Å². The zero-order valence-electron chi connectivity index (χ0n) is 12.1. The molecule has 0 unspecified atom stereocenters. The van der Waals surface area contributed by atoms with E-state index in [-0.39, 0.29) is 0 Å². The van der Waals surface area contributed by atoms with Gasteiger partial charge in [0.2, 0.25) is 0 Å². The van der Waals surface area contributed by atoms with Crippen molar-refractivity contribution >= 4 is 10.9 Å². The molecule has 2 aromatic carbocycles. The van der Waals surface area contributed by atoms with Crippen LogP contribution >= 0.6 is 0 Å². The lowest BCUT2D eigenvalue weighted by molar-refractivity contribution is 0.390. The van der Waals surface area contributed by atoms with E-state index >= 15 is 0 Å². The molecule has 2 nitrogen and oxygen atoms in total. The highest BCUT2D eigenvalue weighted by atomic mass is 15.1. The third-order valence-corrected chi connectivity index (χ3v) is 3.56. The Hall–Kier alpha value is -2.06. The molecule has 0 bridgehead atoms. The molecule has 3 aromatic rings. The van der Waals surface area contributed by atoms with Crippen molar-refractivity contribution in [2.24, 2.45) is 0 Å². The van der Waals surface area contributed by atoms with E-state index in [0.29, 0.717) is 0 Å². The first-order valence-electron chi connectivity index (χ1n) is 7.00. The molecule has 0 fully saturated rings. The van der Waals surface area contributed by atoms with Crippen LogP contribution in [-0.4, -0.2) is 23.6 Å². The summed E-state index contributed by atoms with van der Waals surface area (Å²) in [6.45, 7) is 1.89. The van der Waals surface area contributed by atoms with Crippen LogP contribution in [0.2, 0.25) is 0 Å². The van der Waals surface area contributed by atoms with Crippen LogP contribution in [0, 0.1) is 0 Å². The fourth-order valence-electron chi connectivity index (χ4n) is 2.68. The molecule has 102 valence electrons. The quantitative estimate of drug-likeness (QED) is 0.696. The Labute approximate surface area is 120 Å². The molecular weight excluding hydrogens is 244 g/mol. The number of para-hydroxylation sites is 1. The van der Waals surface area contributed by atoms with Gasteiger partial charge >= 0.3 is 0 Å². The van der Waals surface area contributed by atoms with Crippen molar-refractivity contribution in [3.8, 4) is 0 Å². The molecule has 0 saturated heterocycles. The summed E-state index contributed by atoms with van der Waals surface area (Å²) in [7, 11) is 4.23. The summed E-state index contributed by atoms with van der Waals surface area (Å²) in [5, 5.41) is 1.32. The van der Waals surface area contributed by atoms with E-state index in [2.05, 4.69) is 84.2 Å². The van der Waals surface area contributed by atoms with Gasteiger partial charge in [-0.2, -0.15) is 0 Å². The zero-order valence-corrected chi connectivity index (χ0v) is 12.1. The van der Waals surface area contributed by atoms with Gasteiger partial charge in [-0.1, -0.05) is 48.5 Å². The number of hydrogen-bond acceptors (Lipinski definition) is 1. The minimum atomic E-state index is 0.928. The van der Waals surface area contributed by atoms with Gasteiger partial charge < -0.3 is 9.47 Å². The van der Waals surface area contributed by atoms with Crippen molar-refractivity contribution < 1.29 is 0 Å². The standard InChI is InChI=1S/C18H20N2/c1-19(2)14-17-12-16-10-6-7-11-18(16)20(17)13-15-8-4-3-5-9-15/h3-12H,13-14H2,1-2H3. The molecular formula is C18H20N2. The molecule has 0 aliphatic heterocycles. The molecule has 0 aliphatic carbocycles. The summed E-state index contributed by atoms with van der Waals surface area (Å²) in [6.07, 6.45) is 0. The maximum atomic E-state index is 2.42. The molecule has 0 spiro atoms. The third kappa shape index (κ3) is 2.61. The Balaban J connectivity index is 2.06. The number of hydrogen-bond donors (Lipinski definition) is 0. The van der Waals surface area contributed by atoms with Gasteiger partial charge in [0.15, 0.2) is 0 Å². The third-order valence-electron chi connectivity index (χ3n) is 3.56. The van der Waals surface area contributed by atoms with Crippen LogP contribution in [0.3, 0.4) is 0 Å².